The first-order valence-electron chi connectivity index (χ1n) is 8.97. The predicted molar refractivity (Wildman–Crippen MR) is 95.2 cm³/mol. The van der Waals surface area contributed by atoms with Crippen LogP contribution in [0.3, 0.4) is 0 Å². The molecule has 1 aromatic rings. The van der Waals surface area contributed by atoms with Crippen molar-refractivity contribution in [3.05, 3.63) is 35.7 Å². The van der Waals surface area contributed by atoms with E-state index in [0.717, 1.165) is 30.9 Å². The number of rotatable bonds is 6. The number of hydrogen-bond acceptors (Lipinski definition) is 5. The summed E-state index contributed by atoms with van der Waals surface area (Å²) in [6.07, 6.45) is 7.59. The van der Waals surface area contributed by atoms with Crippen molar-refractivity contribution in [1.29, 1.82) is 0 Å². The number of ether oxygens (including phenoxy) is 1. The fourth-order valence-electron chi connectivity index (χ4n) is 3.44. The fraction of sp³-hybridized carbons (Fsp3) is 0.579. The molecule has 3 heterocycles. The zero-order valence-corrected chi connectivity index (χ0v) is 14.8. The lowest BCUT2D eigenvalue weighted by molar-refractivity contribution is -0.139. The predicted octanol–water partition coefficient (Wildman–Crippen LogP) is 2.86. The largest absolute Gasteiger partial charge is 0.469 e. The van der Waals surface area contributed by atoms with Crippen LogP contribution >= 0.6 is 0 Å². The minimum atomic E-state index is -1.19. The van der Waals surface area contributed by atoms with Gasteiger partial charge in [-0.1, -0.05) is 12.1 Å². The van der Waals surface area contributed by atoms with Crippen LogP contribution in [0.25, 0.3) is 0 Å². The van der Waals surface area contributed by atoms with Gasteiger partial charge in [-0.25, -0.2) is 9.37 Å². The van der Waals surface area contributed by atoms with Gasteiger partial charge in [0.2, 0.25) is 0 Å². The zero-order chi connectivity index (χ0) is 17.7. The number of likely N-dealkylation sites (tertiary alicyclic amines) is 1. The summed E-state index contributed by atoms with van der Waals surface area (Å²) in [5, 5.41) is 3.32. The lowest BCUT2D eigenvalue weighted by atomic mass is 9.97. The van der Waals surface area contributed by atoms with Crippen LogP contribution in [0.5, 0.6) is 0 Å². The fourth-order valence-corrected chi connectivity index (χ4v) is 3.44. The van der Waals surface area contributed by atoms with E-state index in [0.29, 0.717) is 32.4 Å². The first-order chi connectivity index (χ1) is 12.1. The molecule has 0 bridgehead atoms. The second-order valence-corrected chi connectivity index (χ2v) is 6.88. The topological polar surface area (TPSA) is 54.5 Å². The molecule has 136 valence electrons. The number of fused-ring (bicyclic) bond motifs is 1. The first kappa shape index (κ1) is 17.7. The van der Waals surface area contributed by atoms with E-state index >= 15 is 4.39 Å². The second kappa shape index (κ2) is 7.85. The average Bonchev–Trinajstić information content (AvgIpc) is 3.01. The first-order valence-corrected chi connectivity index (χ1v) is 8.97. The molecule has 1 aromatic heterocycles. The number of aromatic nitrogens is 1. The number of pyridine rings is 1. The van der Waals surface area contributed by atoms with E-state index < -0.39 is 5.67 Å². The molecule has 1 N–H and O–H groups in total. The standard InChI is InChI=1S/C19H26FN3O2/c1-25-17(24)5-3-12-23-13-10-19(20,14-23)9-8-16-7-6-15-4-2-11-21-18(15)22-16/h3,6-7,12H,2,4-5,8-11,13-14H2,1H3,(H,21,22). The monoisotopic (exact) mass is 347 g/mol. The minimum Gasteiger partial charge on any atom is -0.469 e. The minimum absolute atomic E-state index is 0.221. The zero-order valence-electron chi connectivity index (χ0n) is 14.8. The molecule has 0 saturated carbocycles. The highest BCUT2D eigenvalue weighted by atomic mass is 19.1. The number of hydrogen-bond donors (Lipinski definition) is 1. The molecule has 0 aliphatic carbocycles. The Morgan fingerprint density at radius 1 is 1.52 bits per heavy atom. The quantitative estimate of drug-likeness (QED) is 0.802. The van der Waals surface area contributed by atoms with Crippen LogP contribution in [0.4, 0.5) is 10.2 Å². The number of nitrogens with zero attached hydrogens (tertiary/aromatic N) is 2. The number of aryl methyl sites for hydroxylation is 2. The molecular formula is C19H26FN3O2. The van der Waals surface area contributed by atoms with Crippen LogP contribution in [-0.2, 0) is 22.4 Å². The van der Waals surface area contributed by atoms with Crippen molar-refractivity contribution in [2.45, 2.75) is 44.2 Å². The van der Waals surface area contributed by atoms with E-state index in [9.17, 15) is 4.79 Å². The number of halogens is 1. The third-order valence-corrected chi connectivity index (χ3v) is 4.94. The van der Waals surface area contributed by atoms with Crippen LogP contribution in [-0.4, -0.2) is 48.3 Å². The molecule has 1 fully saturated rings. The van der Waals surface area contributed by atoms with E-state index in [1.165, 1.54) is 12.7 Å². The van der Waals surface area contributed by atoms with Crippen molar-refractivity contribution in [2.75, 3.05) is 32.1 Å². The maximum absolute atomic E-state index is 15.0. The van der Waals surface area contributed by atoms with Crippen molar-refractivity contribution in [2.24, 2.45) is 0 Å². The van der Waals surface area contributed by atoms with Gasteiger partial charge in [0, 0.05) is 25.2 Å². The Hall–Kier alpha value is -2.11. The molecule has 3 rings (SSSR count). The molecule has 6 heteroatoms. The summed E-state index contributed by atoms with van der Waals surface area (Å²) < 4.78 is 19.6. The van der Waals surface area contributed by atoms with Gasteiger partial charge >= 0.3 is 5.97 Å². The Labute approximate surface area is 148 Å². The molecular weight excluding hydrogens is 321 g/mol. The van der Waals surface area contributed by atoms with Gasteiger partial charge in [-0.15, -0.1) is 0 Å². The lowest BCUT2D eigenvalue weighted by Gasteiger charge is -2.21. The summed E-state index contributed by atoms with van der Waals surface area (Å²) in [4.78, 5) is 17.7. The van der Waals surface area contributed by atoms with Crippen molar-refractivity contribution in [3.8, 4) is 0 Å². The van der Waals surface area contributed by atoms with Crippen molar-refractivity contribution in [3.63, 3.8) is 0 Å². The molecule has 2 aliphatic heterocycles. The van der Waals surface area contributed by atoms with Gasteiger partial charge in [-0.2, -0.15) is 0 Å². The number of carbonyl (C=O) groups excluding carboxylic acids is 1. The highest BCUT2D eigenvalue weighted by Gasteiger charge is 2.36. The highest BCUT2D eigenvalue weighted by Crippen LogP contribution is 2.31. The van der Waals surface area contributed by atoms with Gasteiger partial charge < -0.3 is 15.0 Å². The summed E-state index contributed by atoms with van der Waals surface area (Å²) >= 11 is 0. The van der Waals surface area contributed by atoms with E-state index in [-0.39, 0.29) is 12.4 Å². The SMILES string of the molecule is COC(=O)CC=CN1CCC(F)(CCc2ccc3c(n2)NCCC3)C1. The molecule has 2 aliphatic rings. The molecule has 0 radical (unpaired) electrons. The van der Waals surface area contributed by atoms with Crippen LogP contribution in [0, 0.1) is 0 Å². The molecule has 1 unspecified atom stereocenters. The van der Waals surface area contributed by atoms with Gasteiger partial charge in [-0.3, -0.25) is 4.79 Å². The van der Waals surface area contributed by atoms with E-state index in [1.807, 2.05) is 11.0 Å². The number of methoxy groups -OCH3 is 1. The number of esters is 1. The molecule has 0 aromatic carbocycles. The maximum Gasteiger partial charge on any atom is 0.309 e. The molecule has 25 heavy (non-hydrogen) atoms. The van der Waals surface area contributed by atoms with Gasteiger partial charge in [0.15, 0.2) is 0 Å². The molecule has 5 nitrogen and oxygen atoms in total. The van der Waals surface area contributed by atoms with Crippen LogP contribution in [0.1, 0.15) is 36.9 Å². The van der Waals surface area contributed by atoms with Crippen molar-refractivity contribution >= 4 is 11.8 Å². The Morgan fingerprint density at radius 2 is 2.40 bits per heavy atom. The van der Waals surface area contributed by atoms with Crippen LogP contribution in [0.2, 0.25) is 0 Å². The molecule has 0 amide bonds. The molecule has 0 spiro atoms. The molecule has 1 saturated heterocycles. The summed E-state index contributed by atoms with van der Waals surface area (Å²) in [6.45, 7) is 2.00. The Morgan fingerprint density at radius 3 is 3.24 bits per heavy atom. The number of carbonyl (C=O) groups is 1. The summed E-state index contributed by atoms with van der Waals surface area (Å²) in [5.41, 5.74) is 1.01. The third kappa shape index (κ3) is 4.71. The number of anilines is 1. The number of nitrogens with one attached hydrogen (secondary N) is 1. The summed E-state index contributed by atoms with van der Waals surface area (Å²) in [7, 11) is 1.36. The molecule has 1 atom stereocenters. The van der Waals surface area contributed by atoms with Gasteiger partial charge in [0.05, 0.1) is 20.1 Å². The van der Waals surface area contributed by atoms with Crippen LogP contribution in [0.15, 0.2) is 24.4 Å². The van der Waals surface area contributed by atoms with Gasteiger partial charge in [0.1, 0.15) is 11.5 Å². The smallest absolute Gasteiger partial charge is 0.309 e. The maximum atomic E-state index is 15.0. The van der Waals surface area contributed by atoms with Crippen molar-refractivity contribution < 1.29 is 13.9 Å². The van der Waals surface area contributed by atoms with Crippen LogP contribution < -0.4 is 5.32 Å². The highest BCUT2D eigenvalue weighted by molar-refractivity contribution is 5.70. The Balaban J connectivity index is 1.50. The van der Waals surface area contributed by atoms with E-state index in [1.54, 1.807) is 12.3 Å². The van der Waals surface area contributed by atoms with Crippen molar-refractivity contribution in [1.82, 2.24) is 9.88 Å². The summed E-state index contributed by atoms with van der Waals surface area (Å²) in [6, 6.07) is 4.14. The van der Waals surface area contributed by atoms with E-state index in [4.69, 9.17) is 0 Å². The summed E-state index contributed by atoms with van der Waals surface area (Å²) in [5.74, 6) is 0.685. The normalized spacial score (nSPS) is 22.7. The van der Waals surface area contributed by atoms with Gasteiger partial charge in [0.25, 0.3) is 0 Å². The lowest BCUT2D eigenvalue weighted by Crippen LogP contribution is -2.27. The van der Waals surface area contributed by atoms with E-state index in [2.05, 4.69) is 21.1 Å². The van der Waals surface area contributed by atoms with Gasteiger partial charge in [-0.05, 0) is 43.5 Å². The third-order valence-electron chi connectivity index (χ3n) is 4.94. The Kier molecular flexibility index (Phi) is 5.56. The Bertz CT molecular complexity index is 650. The second-order valence-electron chi connectivity index (χ2n) is 6.88. The average molecular weight is 347 g/mol. The number of alkyl halides is 1.